The van der Waals surface area contributed by atoms with Crippen LogP contribution in [0.2, 0.25) is 0 Å². The van der Waals surface area contributed by atoms with E-state index in [0.717, 1.165) is 24.7 Å². The van der Waals surface area contributed by atoms with Gasteiger partial charge in [-0.1, -0.05) is 33.1 Å². The second-order valence-corrected chi connectivity index (χ2v) is 7.03. The molecule has 0 radical (unpaired) electrons. The molecule has 1 aromatic heterocycles. The minimum Gasteiger partial charge on any atom is -0.327 e. The fraction of sp³-hybridized carbons (Fsp3) is 0.750. The van der Waals surface area contributed by atoms with Crippen LogP contribution >= 0.6 is 11.3 Å². The third kappa shape index (κ3) is 3.58. The van der Waals surface area contributed by atoms with E-state index in [9.17, 15) is 0 Å². The Bertz CT molecular complexity index is 350. The Morgan fingerprint density at radius 3 is 2.39 bits per heavy atom. The first-order chi connectivity index (χ1) is 8.72. The first kappa shape index (κ1) is 14.1. The molecule has 1 nitrogen and oxygen atoms in total. The summed E-state index contributed by atoms with van der Waals surface area (Å²) in [5.41, 5.74) is 6.42. The zero-order valence-corrected chi connectivity index (χ0v) is 12.6. The Balaban J connectivity index is 1.82. The molecule has 0 aromatic carbocycles. The van der Waals surface area contributed by atoms with Crippen molar-refractivity contribution in [3.05, 3.63) is 21.9 Å². The Morgan fingerprint density at radius 2 is 1.83 bits per heavy atom. The van der Waals surface area contributed by atoms with Gasteiger partial charge in [-0.15, -0.1) is 11.3 Å². The first-order valence-corrected chi connectivity index (χ1v) is 8.37. The normalized spacial score (nSPS) is 26.2. The van der Waals surface area contributed by atoms with E-state index < -0.39 is 0 Å². The molecule has 0 aliphatic heterocycles. The highest BCUT2D eigenvalue weighted by Gasteiger charge is 2.25. The van der Waals surface area contributed by atoms with Crippen LogP contribution in [-0.4, -0.2) is 6.04 Å². The van der Waals surface area contributed by atoms with Gasteiger partial charge in [0, 0.05) is 15.8 Å². The number of thiophene rings is 1. The van der Waals surface area contributed by atoms with Crippen molar-refractivity contribution in [3.63, 3.8) is 0 Å². The molecular weight excluding hydrogens is 238 g/mol. The van der Waals surface area contributed by atoms with Gasteiger partial charge in [-0.05, 0) is 49.7 Å². The van der Waals surface area contributed by atoms with Crippen LogP contribution in [0.15, 0.2) is 12.1 Å². The summed E-state index contributed by atoms with van der Waals surface area (Å²) < 4.78 is 0. The standard InChI is InChI=1S/C16H27NS/c1-3-12-5-7-13(8-6-12)16(17)11-15-10-9-14(4-2)18-15/h9-10,12-13,16H,3-8,11,17H2,1-2H3. The quantitative estimate of drug-likeness (QED) is 0.839. The number of aryl methyl sites for hydroxylation is 1. The summed E-state index contributed by atoms with van der Waals surface area (Å²) in [7, 11) is 0. The number of hydrogen-bond acceptors (Lipinski definition) is 2. The number of nitrogens with two attached hydrogens (primary N) is 1. The maximum Gasteiger partial charge on any atom is 0.0116 e. The van der Waals surface area contributed by atoms with Crippen LogP contribution in [-0.2, 0) is 12.8 Å². The highest BCUT2D eigenvalue weighted by atomic mass is 32.1. The van der Waals surface area contributed by atoms with Gasteiger partial charge in [0.25, 0.3) is 0 Å². The summed E-state index contributed by atoms with van der Waals surface area (Å²) in [5, 5.41) is 0. The molecule has 2 N–H and O–H groups in total. The van der Waals surface area contributed by atoms with Gasteiger partial charge in [-0.2, -0.15) is 0 Å². The zero-order valence-electron chi connectivity index (χ0n) is 11.8. The summed E-state index contributed by atoms with van der Waals surface area (Å²) in [6.45, 7) is 4.55. The van der Waals surface area contributed by atoms with Crippen molar-refractivity contribution in [2.45, 2.75) is 64.8 Å². The Hall–Kier alpha value is -0.340. The average Bonchev–Trinajstić information content (AvgIpc) is 2.86. The van der Waals surface area contributed by atoms with Gasteiger partial charge in [0.2, 0.25) is 0 Å². The molecule has 18 heavy (non-hydrogen) atoms. The molecule has 2 heteroatoms. The molecule has 0 amide bonds. The molecule has 2 rings (SSSR count). The van der Waals surface area contributed by atoms with Crippen molar-refractivity contribution in [3.8, 4) is 0 Å². The van der Waals surface area contributed by atoms with E-state index in [2.05, 4.69) is 26.0 Å². The van der Waals surface area contributed by atoms with Crippen molar-refractivity contribution in [2.75, 3.05) is 0 Å². The lowest BCUT2D eigenvalue weighted by molar-refractivity contribution is 0.238. The zero-order chi connectivity index (χ0) is 13.0. The highest BCUT2D eigenvalue weighted by Crippen LogP contribution is 2.33. The van der Waals surface area contributed by atoms with E-state index in [1.807, 2.05) is 11.3 Å². The molecule has 1 saturated carbocycles. The van der Waals surface area contributed by atoms with Crippen molar-refractivity contribution in [1.82, 2.24) is 0 Å². The van der Waals surface area contributed by atoms with E-state index in [1.54, 1.807) is 0 Å². The molecule has 0 spiro atoms. The lowest BCUT2D eigenvalue weighted by Gasteiger charge is -2.31. The van der Waals surface area contributed by atoms with Gasteiger partial charge >= 0.3 is 0 Å². The molecule has 1 atom stereocenters. The Labute approximate surface area is 116 Å². The number of hydrogen-bond donors (Lipinski definition) is 1. The summed E-state index contributed by atoms with van der Waals surface area (Å²) in [6.07, 6.45) is 9.11. The highest BCUT2D eigenvalue weighted by molar-refractivity contribution is 7.11. The maximum absolute atomic E-state index is 6.42. The van der Waals surface area contributed by atoms with Crippen LogP contribution in [0.25, 0.3) is 0 Å². The van der Waals surface area contributed by atoms with Crippen molar-refractivity contribution in [2.24, 2.45) is 17.6 Å². The molecule has 0 bridgehead atoms. The maximum atomic E-state index is 6.42. The smallest absolute Gasteiger partial charge is 0.0116 e. The van der Waals surface area contributed by atoms with Gasteiger partial charge in [0.1, 0.15) is 0 Å². The minimum atomic E-state index is 0.381. The Morgan fingerprint density at radius 1 is 1.17 bits per heavy atom. The fourth-order valence-electron chi connectivity index (χ4n) is 3.15. The molecule has 102 valence electrons. The lowest BCUT2D eigenvalue weighted by Crippen LogP contribution is -2.34. The second-order valence-electron chi connectivity index (χ2n) is 5.78. The summed E-state index contributed by atoms with van der Waals surface area (Å²) in [6, 6.07) is 4.92. The summed E-state index contributed by atoms with van der Waals surface area (Å²) in [5.74, 6) is 1.74. The first-order valence-electron chi connectivity index (χ1n) is 7.56. The lowest BCUT2D eigenvalue weighted by atomic mass is 9.77. The van der Waals surface area contributed by atoms with Crippen LogP contribution in [0.4, 0.5) is 0 Å². The van der Waals surface area contributed by atoms with Gasteiger partial charge < -0.3 is 5.73 Å². The molecule has 1 heterocycles. The van der Waals surface area contributed by atoms with E-state index in [0.29, 0.717) is 6.04 Å². The minimum absolute atomic E-state index is 0.381. The summed E-state index contributed by atoms with van der Waals surface area (Å²) >= 11 is 1.95. The third-order valence-electron chi connectivity index (χ3n) is 4.58. The second kappa shape index (κ2) is 6.72. The molecule has 0 saturated heterocycles. The topological polar surface area (TPSA) is 26.0 Å². The van der Waals surface area contributed by atoms with Crippen LogP contribution in [0.1, 0.15) is 55.7 Å². The van der Waals surface area contributed by atoms with Gasteiger partial charge in [0.15, 0.2) is 0 Å². The third-order valence-corrected chi connectivity index (χ3v) is 5.83. The monoisotopic (exact) mass is 265 g/mol. The molecule has 1 aromatic rings. The van der Waals surface area contributed by atoms with E-state index in [-0.39, 0.29) is 0 Å². The van der Waals surface area contributed by atoms with E-state index >= 15 is 0 Å². The SMILES string of the molecule is CCc1ccc(CC(N)C2CCC(CC)CC2)s1. The van der Waals surface area contributed by atoms with E-state index in [1.165, 1.54) is 41.9 Å². The summed E-state index contributed by atoms with van der Waals surface area (Å²) in [4.78, 5) is 2.98. The van der Waals surface area contributed by atoms with Crippen LogP contribution in [0, 0.1) is 11.8 Å². The van der Waals surface area contributed by atoms with Crippen molar-refractivity contribution < 1.29 is 0 Å². The van der Waals surface area contributed by atoms with Gasteiger partial charge in [0.05, 0.1) is 0 Å². The average molecular weight is 265 g/mol. The van der Waals surface area contributed by atoms with Crippen LogP contribution in [0.5, 0.6) is 0 Å². The number of rotatable bonds is 5. The van der Waals surface area contributed by atoms with Crippen molar-refractivity contribution in [1.29, 1.82) is 0 Å². The van der Waals surface area contributed by atoms with Crippen molar-refractivity contribution >= 4 is 11.3 Å². The molecule has 1 unspecified atom stereocenters. The predicted molar refractivity (Wildman–Crippen MR) is 81.1 cm³/mol. The van der Waals surface area contributed by atoms with Crippen LogP contribution in [0.3, 0.4) is 0 Å². The van der Waals surface area contributed by atoms with Crippen LogP contribution < -0.4 is 5.73 Å². The van der Waals surface area contributed by atoms with Gasteiger partial charge in [-0.3, -0.25) is 0 Å². The predicted octanol–water partition coefficient (Wildman–Crippen LogP) is 4.40. The molecule has 1 fully saturated rings. The van der Waals surface area contributed by atoms with E-state index in [4.69, 9.17) is 5.73 Å². The largest absolute Gasteiger partial charge is 0.327 e. The van der Waals surface area contributed by atoms with Gasteiger partial charge in [-0.25, -0.2) is 0 Å². The molecule has 1 aliphatic carbocycles. The Kier molecular flexibility index (Phi) is 5.25. The molecular formula is C16H27NS. The fourth-order valence-corrected chi connectivity index (χ4v) is 4.17. The molecule has 1 aliphatic rings.